The molecule has 2 fully saturated rings. The summed E-state index contributed by atoms with van der Waals surface area (Å²) in [5, 5.41) is 3.38. The standard InChI is InChI=1S/C22H33BN2O2/c1-22(2,3)27-21(26)25(19-13-11-18(24-23)12-14-19)20-15-17(20)10-9-16-7-5-4-6-8-16/h4-10,17-20,24H,11-15,23H2,1-3H3/b10-9+. The molecule has 2 unspecified atom stereocenters. The van der Waals surface area contributed by atoms with Gasteiger partial charge in [0.2, 0.25) is 0 Å². The van der Waals surface area contributed by atoms with Crippen LogP contribution in [-0.2, 0) is 4.74 Å². The van der Waals surface area contributed by atoms with Gasteiger partial charge in [-0.15, -0.1) is 0 Å². The normalized spacial score (nSPS) is 28.1. The molecule has 27 heavy (non-hydrogen) atoms. The van der Waals surface area contributed by atoms with Crippen LogP contribution in [0.2, 0.25) is 0 Å². The van der Waals surface area contributed by atoms with Gasteiger partial charge in [-0.2, -0.15) is 0 Å². The zero-order valence-corrected chi connectivity index (χ0v) is 17.2. The summed E-state index contributed by atoms with van der Waals surface area (Å²) in [5.74, 6) is 0.430. The van der Waals surface area contributed by atoms with Crippen LogP contribution in [0.25, 0.3) is 6.08 Å². The molecule has 0 heterocycles. The van der Waals surface area contributed by atoms with Gasteiger partial charge in [-0.3, -0.25) is 0 Å². The molecule has 1 amide bonds. The van der Waals surface area contributed by atoms with E-state index in [-0.39, 0.29) is 12.1 Å². The maximum Gasteiger partial charge on any atom is 0.410 e. The number of ether oxygens (including phenoxy) is 1. The van der Waals surface area contributed by atoms with Crippen LogP contribution >= 0.6 is 0 Å². The van der Waals surface area contributed by atoms with E-state index in [0.29, 0.717) is 18.0 Å². The average Bonchev–Trinajstić information content (AvgIpc) is 3.39. The van der Waals surface area contributed by atoms with E-state index in [1.54, 1.807) is 0 Å². The predicted octanol–water partition coefficient (Wildman–Crippen LogP) is 3.77. The quantitative estimate of drug-likeness (QED) is 0.805. The first-order valence-electron chi connectivity index (χ1n) is 10.3. The fourth-order valence-electron chi connectivity index (χ4n) is 4.04. The van der Waals surface area contributed by atoms with E-state index in [9.17, 15) is 4.79 Å². The minimum absolute atomic E-state index is 0.143. The van der Waals surface area contributed by atoms with E-state index in [4.69, 9.17) is 4.74 Å². The van der Waals surface area contributed by atoms with Crippen molar-refractivity contribution >= 4 is 20.2 Å². The van der Waals surface area contributed by atoms with Gasteiger partial charge < -0.3 is 14.9 Å². The molecule has 0 radical (unpaired) electrons. The molecular formula is C22H33BN2O2. The summed E-state index contributed by atoms with van der Waals surface area (Å²) in [6, 6.07) is 11.5. The first-order valence-corrected chi connectivity index (χ1v) is 10.3. The van der Waals surface area contributed by atoms with Gasteiger partial charge in [0, 0.05) is 12.1 Å². The van der Waals surface area contributed by atoms with Crippen molar-refractivity contribution < 1.29 is 9.53 Å². The Labute approximate surface area is 164 Å². The molecule has 5 heteroatoms. The van der Waals surface area contributed by atoms with Crippen molar-refractivity contribution in [3.05, 3.63) is 42.0 Å². The largest absolute Gasteiger partial charge is 0.444 e. The number of carbonyl (C=O) groups is 1. The lowest BCUT2D eigenvalue weighted by atomic mass is 9.89. The topological polar surface area (TPSA) is 41.6 Å². The van der Waals surface area contributed by atoms with E-state index in [2.05, 4.69) is 46.5 Å². The molecule has 4 nitrogen and oxygen atoms in total. The summed E-state index contributed by atoms with van der Waals surface area (Å²) in [4.78, 5) is 15.0. The Balaban J connectivity index is 1.67. The van der Waals surface area contributed by atoms with E-state index in [0.717, 1.165) is 32.1 Å². The van der Waals surface area contributed by atoms with Crippen molar-refractivity contribution in [3.63, 3.8) is 0 Å². The Morgan fingerprint density at radius 3 is 2.44 bits per heavy atom. The zero-order valence-electron chi connectivity index (χ0n) is 17.2. The van der Waals surface area contributed by atoms with Crippen LogP contribution in [0.4, 0.5) is 4.79 Å². The third kappa shape index (κ3) is 5.61. The number of amides is 1. The van der Waals surface area contributed by atoms with Gasteiger partial charge in [-0.1, -0.05) is 42.5 Å². The van der Waals surface area contributed by atoms with E-state index >= 15 is 0 Å². The number of nitrogens with one attached hydrogen (secondary N) is 1. The Morgan fingerprint density at radius 1 is 1.19 bits per heavy atom. The minimum Gasteiger partial charge on any atom is -0.444 e. The molecule has 2 aliphatic rings. The lowest BCUT2D eigenvalue weighted by Gasteiger charge is -2.38. The number of benzene rings is 1. The monoisotopic (exact) mass is 368 g/mol. The SMILES string of the molecule is BNC1CCC(N(C(=O)OC(C)(C)C)C2CC2/C=C/c2ccccc2)CC1. The molecule has 1 aromatic carbocycles. The van der Waals surface area contributed by atoms with Crippen LogP contribution in [0, 0.1) is 5.92 Å². The fourth-order valence-corrected chi connectivity index (χ4v) is 4.04. The number of carbonyl (C=O) groups excluding carboxylic acids is 1. The Morgan fingerprint density at radius 2 is 1.85 bits per heavy atom. The molecule has 1 N–H and O–H groups in total. The molecule has 1 aromatic rings. The van der Waals surface area contributed by atoms with Crippen molar-refractivity contribution in [1.29, 1.82) is 0 Å². The fraction of sp³-hybridized carbons (Fsp3) is 0.591. The lowest BCUT2D eigenvalue weighted by molar-refractivity contribution is 0.00830. The van der Waals surface area contributed by atoms with Crippen molar-refractivity contribution in [2.24, 2.45) is 5.92 Å². The number of hydrogen-bond acceptors (Lipinski definition) is 3. The highest BCUT2D eigenvalue weighted by atomic mass is 16.6. The summed E-state index contributed by atoms with van der Waals surface area (Å²) in [6.45, 7) is 5.84. The van der Waals surface area contributed by atoms with Crippen molar-refractivity contribution in [1.82, 2.24) is 10.1 Å². The average molecular weight is 368 g/mol. The maximum atomic E-state index is 13.0. The van der Waals surface area contributed by atoms with Gasteiger partial charge in [0.15, 0.2) is 7.98 Å². The van der Waals surface area contributed by atoms with Crippen LogP contribution < -0.4 is 5.23 Å². The molecule has 0 aliphatic heterocycles. The van der Waals surface area contributed by atoms with Gasteiger partial charge in [0.1, 0.15) is 5.60 Å². The van der Waals surface area contributed by atoms with Gasteiger partial charge in [0.25, 0.3) is 0 Å². The number of hydrogen-bond donors (Lipinski definition) is 1. The third-order valence-electron chi connectivity index (χ3n) is 5.60. The van der Waals surface area contributed by atoms with Crippen molar-refractivity contribution in [2.75, 3.05) is 0 Å². The highest BCUT2D eigenvalue weighted by molar-refractivity contribution is 6.04. The smallest absolute Gasteiger partial charge is 0.410 e. The predicted molar refractivity (Wildman–Crippen MR) is 113 cm³/mol. The molecule has 0 saturated heterocycles. The molecule has 2 aliphatic carbocycles. The zero-order chi connectivity index (χ0) is 19.4. The van der Waals surface area contributed by atoms with Gasteiger partial charge in [-0.25, -0.2) is 4.79 Å². The van der Waals surface area contributed by atoms with Crippen LogP contribution in [0.5, 0.6) is 0 Å². The molecule has 3 rings (SSSR count). The molecule has 0 spiro atoms. The second kappa shape index (κ2) is 8.51. The van der Waals surface area contributed by atoms with Crippen LogP contribution in [0.3, 0.4) is 0 Å². The summed E-state index contributed by atoms with van der Waals surface area (Å²) in [7, 11) is 2.03. The first kappa shape index (κ1) is 20.0. The third-order valence-corrected chi connectivity index (χ3v) is 5.60. The number of nitrogens with zero attached hydrogens (tertiary/aromatic N) is 1. The molecule has 0 bridgehead atoms. The second-order valence-corrected chi connectivity index (χ2v) is 8.92. The van der Waals surface area contributed by atoms with Crippen molar-refractivity contribution in [3.8, 4) is 0 Å². The summed E-state index contributed by atoms with van der Waals surface area (Å²) < 4.78 is 5.77. The summed E-state index contributed by atoms with van der Waals surface area (Å²) in [5.41, 5.74) is 0.753. The van der Waals surface area contributed by atoms with Crippen LogP contribution in [0.15, 0.2) is 36.4 Å². The Hall–Kier alpha value is -1.75. The highest BCUT2D eigenvalue weighted by Gasteiger charge is 2.47. The Kier molecular flexibility index (Phi) is 6.31. The van der Waals surface area contributed by atoms with Crippen LogP contribution in [-0.4, -0.2) is 42.7 Å². The Bertz CT molecular complexity index is 648. The molecule has 0 aromatic heterocycles. The molecule has 2 saturated carbocycles. The minimum atomic E-state index is -0.457. The lowest BCUT2D eigenvalue weighted by Crippen LogP contribution is -2.48. The summed E-state index contributed by atoms with van der Waals surface area (Å²) in [6.07, 6.45) is 9.68. The van der Waals surface area contributed by atoms with E-state index in [1.807, 2.05) is 34.8 Å². The van der Waals surface area contributed by atoms with Gasteiger partial charge in [0.05, 0.1) is 0 Å². The van der Waals surface area contributed by atoms with E-state index < -0.39 is 5.60 Å². The van der Waals surface area contributed by atoms with Gasteiger partial charge in [-0.05, 0) is 70.4 Å². The highest BCUT2D eigenvalue weighted by Crippen LogP contribution is 2.41. The van der Waals surface area contributed by atoms with Crippen molar-refractivity contribution in [2.45, 2.75) is 76.6 Å². The molecule has 146 valence electrons. The summed E-state index contributed by atoms with van der Waals surface area (Å²) >= 11 is 0. The van der Waals surface area contributed by atoms with E-state index in [1.165, 1.54) is 5.56 Å². The molecule has 2 atom stereocenters. The number of rotatable bonds is 5. The molecular weight excluding hydrogens is 335 g/mol. The second-order valence-electron chi connectivity index (χ2n) is 8.92. The van der Waals surface area contributed by atoms with Crippen LogP contribution in [0.1, 0.15) is 58.4 Å². The first-order chi connectivity index (χ1) is 12.9. The maximum absolute atomic E-state index is 13.0. The van der Waals surface area contributed by atoms with Gasteiger partial charge >= 0.3 is 6.09 Å².